The molecule has 8 nitrogen and oxygen atoms in total. The Morgan fingerprint density at radius 2 is 2.17 bits per heavy atom. The molecular formula is C15H24N4O4. The van der Waals surface area contributed by atoms with Crippen molar-refractivity contribution < 1.29 is 19.0 Å². The molecule has 0 unspecified atom stereocenters. The molecule has 23 heavy (non-hydrogen) atoms. The van der Waals surface area contributed by atoms with Gasteiger partial charge in [0.2, 0.25) is 11.8 Å². The predicted octanol–water partition coefficient (Wildman–Crippen LogP) is 0.754. The van der Waals surface area contributed by atoms with Gasteiger partial charge in [-0.2, -0.15) is 0 Å². The highest BCUT2D eigenvalue weighted by Gasteiger charge is 2.44. The third-order valence-corrected chi connectivity index (χ3v) is 4.43. The van der Waals surface area contributed by atoms with Crippen molar-refractivity contribution in [3.63, 3.8) is 0 Å². The van der Waals surface area contributed by atoms with E-state index in [1.54, 1.807) is 30.9 Å². The molecule has 2 heterocycles. The molecule has 1 aromatic rings. The van der Waals surface area contributed by atoms with Gasteiger partial charge in [-0.25, -0.2) is 4.63 Å². The van der Waals surface area contributed by atoms with Gasteiger partial charge in [-0.3, -0.25) is 9.59 Å². The van der Waals surface area contributed by atoms with E-state index in [2.05, 4.69) is 14.9 Å². The normalized spacial score (nSPS) is 20.8. The van der Waals surface area contributed by atoms with Crippen LogP contribution in [0, 0.1) is 6.92 Å². The summed E-state index contributed by atoms with van der Waals surface area (Å²) >= 11 is 0. The van der Waals surface area contributed by atoms with Crippen LogP contribution in [0.5, 0.6) is 0 Å². The molecule has 1 aromatic heterocycles. The van der Waals surface area contributed by atoms with Crippen LogP contribution in [0.2, 0.25) is 0 Å². The highest BCUT2D eigenvalue weighted by molar-refractivity contribution is 5.80. The van der Waals surface area contributed by atoms with Crippen molar-refractivity contribution in [2.24, 2.45) is 0 Å². The summed E-state index contributed by atoms with van der Waals surface area (Å²) in [6, 6.07) is 0. The van der Waals surface area contributed by atoms with E-state index in [-0.39, 0.29) is 18.2 Å². The number of hydrogen-bond acceptors (Lipinski definition) is 6. The smallest absolute Gasteiger partial charge is 0.225 e. The third-order valence-electron chi connectivity index (χ3n) is 4.43. The van der Waals surface area contributed by atoms with E-state index in [0.717, 1.165) is 12.8 Å². The van der Waals surface area contributed by atoms with Crippen LogP contribution in [-0.4, -0.2) is 64.8 Å². The second kappa shape index (κ2) is 7.08. The summed E-state index contributed by atoms with van der Waals surface area (Å²) in [5.74, 6) is -0.0795. The lowest BCUT2D eigenvalue weighted by molar-refractivity contribution is -0.141. The molecule has 128 valence electrons. The molecule has 1 atom stereocenters. The molecule has 0 N–H and O–H groups in total. The Morgan fingerprint density at radius 1 is 1.43 bits per heavy atom. The molecule has 1 aliphatic heterocycles. The maximum Gasteiger partial charge on any atom is 0.225 e. The quantitative estimate of drug-likeness (QED) is 0.767. The van der Waals surface area contributed by atoms with Gasteiger partial charge < -0.3 is 14.5 Å². The molecule has 0 spiro atoms. The number of likely N-dealkylation sites (tertiary alicyclic amines) is 1. The molecule has 8 heteroatoms. The van der Waals surface area contributed by atoms with Crippen molar-refractivity contribution in [2.45, 2.75) is 45.2 Å². The lowest BCUT2D eigenvalue weighted by atomic mass is 9.92. The summed E-state index contributed by atoms with van der Waals surface area (Å²) in [5, 5.41) is 7.51. The molecule has 0 bridgehead atoms. The van der Waals surface area contributed by atoms with Crippen LogP contribution < -0.4 is 0 Å². The number of methoxy groups -OCH3 is 1. The third kappa shape index (κ3) is 3.69. The fourth-order valence-electron chi connectivity index (χ4n) is 3.21. The van der Waals surface area contributed by atoms with E-state index in [0.29, 0.717) is 31.1 Å². The van der Waals surface area contributed by atoms with Gasteiger partial charge in [0, 0.05) is 27.6 Å². The number of nitrogens with zero attached hydrogens (tertiary/aromatic N) is 4. The summed E-state index contributed by atoms with van der Waals surface area (Å²) in [6.45, 7) is 4.68. The first-order chi connectivity index (χ1) is 10.9. The van der Waals surface area contributed by atoms with Crippen LogP contribution in [0.1, 0.15) is 37.6 Å². The summed E-state index contributed by atoms with van der Waals surface area (Å²) in [6.07, 6.45) is 1.89. The number of hydrogen-bond donors (Lipinski definition) is 0. The maximum absolute atomic E-state index is 12.6. The Kier molecular flexibility index (Phi) is 5.35. The fourth-order valence-corrected chi connectivity index (χ4v) is 3.21. The molecule has 1 fully saturated rings. The minimum absolute atomic E-state index is 0.0217. The lowest BCUT2D eigenvalue weighted by Crippen LogP contribution is -2.52. The molecule has 2 amide bonds. The molecule has 2 rings (SSSR count). The van der Waals surface area contributed by atoms with Crippen LogP contribution in [0.4, 0.5) is 0 Å². The number of carbonyl (C=O) groups excluding carboxylic acids is 2. The fraction of sp³-hybridized carbons (Fsp3) is 0.733. The van der Waals surface area contributed by atoms with Crippen molar-refractivity contribution in [1.82, 2.24) is 20.1 Å². The van der Waals surface area contributed by atoms with E-state index < -0.39 is 5.54 Å². The van der Waals surface area contributed by atoms with Gasteiger partial charge >= 0.3 is 0 Å². The van der Waals surface area contributed by atoms with E-state index in [4.69, 9.17) is 4.74 Å². The molecule has 0 aliphatic carbocycles. The predicted molar refractivity (Wildman–Crippen MR) is 81.4 cm³/mol. The molecular weight excluding hydrogens is 300 g/mol. The second-order valence-electron chi connectivity index (χ2n) is 6.15. The zero-order valence-corrected chi connectivity index (χ0v) is 14.2. The zero-order valence-electron chi connectivity index (χ0n) is 14.2. The highest BCUT2D eigenvalue weighted by atomic mass is 16.6. The van der Waals surface area contributed by atoms with Crippen LogP contribution in [-0.2, 0) is 20.9 Å². The van der Waals surface area contributed by atoms with E-state index in [9.17, 15) is 9.59 Å². The van der Waals surface area contributed by atoms with Gasteiger partial charge in [0.1, 0.15) is 11.4 Å². The Bertz CT molecular complexity index is 574. The second-order valence-corrected chi connectivity index (χ2v) is 6.15. The van der Waals surface area contributed by atoms with Crippen molar-refractivity contribution in [2.75, 3.05) is 27.3 Å². The van der Waals surface area contributed by atoms with E-state index in [1.807, 2.05) is 0 Å². The van der Waals surface area contributed by atoms with Gasteiger partial charge in [0.05, 0.1) is 25.1 Å². The summed E-state index contributed by atoms with van der Waals surface area (Å²) in [4.78, 5) is 27.9. The molecule has 1 saturated heterocycles. The number of ether oxygens (including phenoxy) is 1. The molecule has 0 saturated carbocycles. The van der Waals surface area contributed by atoms with Crippen molar-refractivity contribution in [3.05, 3.63) is 11.4 Å². The number of amides is 2. The standard InChI is InChI=1S/C15H24N4O4/c1-11-13(17-23-16-11)9-18(3)14(21)8-15(10-22-4)6-5-7-19(15)12(2)20/h5-10H2,1-4H3/t15-/m0/s1. The minimum atomic E-state index is -0.553. The first kappa shape index (κ1) is 17.4. The van der Waals surface area contributed by atoms with Gasteiger partial charge in [-0.15, -0.1) is 0 Å². The number of carbonyl (C=O) groups is 2. The van der Waals surface area contributed by atoms with Crippen LogP contribution >= 0.6 is 0 Å². The van der Waals surface area contributed by atoms with Crippen LogP contribution in [0.25, 0.3) is 0 Å². The first-order valence-electron chi connectivity index (χ1n) is 7.69. The number of aryl methyl sites for hydroxylation is 1. The van der Waals surface area contributed by atoms with Gasteiger partial charge in [-0.1, -0.05) is 10.3 Å². The average Bonchev–Trinajstić information content (AvgIpc) is 3.06. The Balaban J connectivity index is 2.08. The number of aromatic nitrogens is 2. The minimum Gasteiger partial charge on any atom is -0.382 e. The van der Waals surface area contributed by atoms with E-state index in [1.165, 1.54) is 6.92 Å². The lowest BCUT2D eigenvalue weighted by Gasteiger charge is -2.38. The average molecular weight is 324 g/mol. The summed E-state index contributed by atoms with van der Waals surface area (Å²) in [7, 11) is 3.31. The van der Waals surface area contributed by atoms with Crippen molar-refractivity contribution >= 4 is 11.8 Å². The Hall–Kier alpha value is -1.96. The van der Waals surface area contributed by atoms with Gasteiger partial charge in [-0.05, 0) is 19.8 Å². The van der Waals surface area contributed by atoms with Crippen molar-refractivity contribution in [3.8, 4) is 0 Å². The highest BCUT2D eigenvalue weighted by Crippen LogP contribution is 2.33. The Morgan fingerprint density at radius 3 is 2.74 bits per heavy atom. The largest absolute Gasteiger partial charge is 0.382 e. The molecule has 0 aromatic carbocycles. The topological polar surface area (TPSA) is 88.8 Å². The zero-order chi connectivity index (χ0) is 17.0. The van der Waals surface area contributed by atoms with Gasteiger partial charge in [0.15, 0.2) is 0 Å². The Labute approximate surface area is 135 Å². The van der Waals surface area contributed by atoms with Crippen LogP contribution in [0.3, 0.4) is 0 Å². The monoisotopic (exact) mass is 324 g/mol. The van der Waals surface area contributed by atoms with E-state index >= 15 is 0 Å². The maximum atomic E-state index is 12.6. The SMILES string of the molecule is COC[C@@]1(CC(=O)N(C)Cc2nonc2C)CCCN1C(C)=O. The van der Waals surface area contributed by atoms with Gasteiger partial charge in [0.25, 0.3) is 0 Å². The molecule has 1 aliphatic rings. The first-order valence-corrected chi connectivity index (χ1v) is 7.69. The van der Waals surface area contributed by atoms with Crippen LogP contribution in [0.15, 0.2) is 4.63 Å². The summed E-state index contributed by atoms with van der Waals surface area (Å²) in [5.41, 5.74) is 0.752. The van der Waals surface area contributed by atoms with Crippen molar-refractivity contribution in [1.29, 1.82) is 0 Å². The summed E-state index contributed by atoms with van der Waals surface area (Å²) < 4.78 is 9.97. The number of rotatable bonds is 6. The molecule has 0 radical (unpaired) electrons.